The molecule has 18 heavy (non-hydrogen) atoms. The van der Waals surface area contributed by atoms with Crippen molar-refractivity contribution in [2.24, 2.45) is 5.16 Å². The second-order valence-corrected chi connectivity index (χ2v) is 4.46. The number of allylic oxidation sites excluding steroid dienone is 1. The summed E-state index contributed by atoms with van der Waals surface area (Å²) >= 11 is 0. The van der Waals surface area contributed by atoms with Crippen molar-refractivity contribution >= 4 is 11.8 Å². The summed E-state index contributed by atoms with van der Waals surface area (Å²) in [6.45, 7) is 1.64. The van der Waals surface area contributed by atoms with Gasteiger partial charge >= 0.3 is 0 Å². The van der Waals surface area contributed by atoms with E-state index in [0.717, 1.165) is 36.4 Å². The van der Waals surface area contributed by atoms with Crippen molar-refractivity contribution < 1.29 is 4.84 Å². The van der Waals surface area contributed by atoms with Crippen LogP contribution < -0.4 is 0 Å². The SMILES string of the molecule is CN(C)CCCON=C1CC=Cc2ncncc21. The van der Waals surface area contributed by atoms with E-state index in [0.29, 0.717) is 6.61 Å². The standard InChI is InChI=1S/C13H18N4O/c1-17(2)7-4-8-18-16-13-6-3-5-12-11(13)9-14-10-15-12/h3,5,9-10H,4,6-8H2,1-2H3. The Labute approximate surface area is 107 Å². The maximum Gasteiger partial charge on any atom is 0.118 e. The molecule has 0 amide bonds. The van der Waals surface area contributed by atoms with Gasteiger partial charge in [0.15, 0.2) is 0 Å². The molecule has 0 fully saturated rings. The lowest BCUT2D eigenvalue weighted by Crippen LogP contribution is -2.14. The van der Waals surface area contributed by atoms with Gasteiger partial charge in [-0.05, 0) is 26.6 Å². The Morgan fingerprint density at radius 3 is 3.17 bits per heavy atom. The maximum absolute atomic E-state index is 5.35. The fourth-order valence-electron chi connectivity index (χ4n) is 1.74. The van der Waals surface area contributed by atoms with Gasteiger partial charge in [-0.3, -0.25) is 0 Å². The summed E-state index contributed by atoms with van der Waals surface area (Å²) in [5, 5.41) is 4.19. The van der Waals surface area contributed by atoms with Gasteiger partial charge in [0, 0.05) is 24.7 Å². The van der Waals surface area contributed by atoms with Crippen LogP contribution in [-0.4, -0.2) is 47.8 Å². The van der Waals surface area contributed by atoms with Gasteiger partial charge < -0.3 is 9.74 Å². The number of nitrogens with zero attached hydrogens (tertiary/aromatic N) is 4. The molecule has 1 aliphatic carbocycles. The lowest BCUT2D eigenvalue weighted by molar-refractivity contribution is 0.135. The van der Waals surface area contributed by atoms with E-state index >= 15 is 0 Å². The van der Waals surface area contributed by atoms with Crippen LogP contribution in [0.3, 0.4) is 0 Å². The fraction of sp³-hybridized carbons (Fsp3) is 0.462. The predicted molar refractivity (Wildman–Crippen MR) is 71.3 cm³/mol. The van der Waals surface area contributed by atoms with Crippen LogP contribution in [0.15, 0.2) is 23.8 Å². The molecule has 1 aromatic rings. The van der Waals surface area contributed by atoms with Crippen LogP contribution in [-0.2, 0) is 4.84 Å². The van der Waals surface area contributed by atoms with Crippen LogP contribution in [0, 0.1) is 0 Å². The molecule has 5 nitrogen and oxygen atoms in total. The number of rotatable bonds is 5. The lowest BCUT2D eigenvalue weighted by atomic mass is 10.0. The minimum Gasteiger partial charge on any atom is -0.396 e. The smallest absolute Gasteiger partial charge is 0.118 e. The third kappa shape index (κ3) is 3.37. The van der Waals surface area contributed by atoms with E-state index in [1.807, 2.05) is 26.2 Å². The van der Waals surface area contributed by atoms with Gasteiger partial charge in [-0.15, -0.1) is 0 Å². The molecule has 96 valence electrons. The minimum absolute atomic E-state index is 0.633. The van der Waals surface area contributed by atoms with Gasteiger partial charge in [0.25, 0.3) is 0 Å². The summed E-state index contributed by atoms with van der Waals surface area (Å²) < 4.78 is 0. The molecule has 0 unspecified atom stereocenters. The first-order chi connectivity index (χ1) is 8.77. The van der Waals surface area contributed by atoms with Gasteiger partial charge in [0.2, 0.25) is 0 Å². The number of hydrogen-bond acceptors (Lipinski definition) is 5. The van der Waals surface area contributed by atoms with E-state index < -0.39 is 0 Å². The van der Waals surface area contributed by atoms with Crippen LogP contribution in [0.5, 0.6) is 0 Å². The fourth-order valence-corrected chi connectivity index (χ4v) is 1.74. The summed E-state index contributed by atoms with van der Waals surface area (Å²) in [6.07, 6.45) is 9.10. The third-order valence-corrected chi connectivity index (χ3v) is 2.66. The van der Waals surface area contributed by atoms with E-state index in [-0.39, 0.29) is 0 Å². The van der Waals surface area contributed by atoms with E-state index in [1.165, 1.54) is 0 Å². The molecule has 0 N–H and O–H groups in total. The highest BCUT2D eigenvalue weighted by molar-refractivity contribution is 6.05. The zero-order chi connectivity index (χ0) is 12.8. The highest BCUT2D eigenvalue weighted by Gasteiger charge is 2.12. The van der Waals surface area contributed by atoms with Crippen molar-refractivity contribution in [2.75, 3.05) is 27.2 Å². The van der Waals surface area contributed by atoms with Gasteiger partial charge in [0.05, 0.1) is 11.4 Å². The molecule has 0 bridgehead atoms. The second-order valence-electron chi connectivity index (χ2n) is 4.46. The van der Waals surface area contributed by atoms with E-state index in [1.54, 1.807) is 12.5 Å². The summed E-state index contributed by atoms with van der Waals surface area (Å²) in [4.78, 5) is 15.7. The molecular weight excluding hydrogens is 228 g/mol. The van der Waals surface area contributed by atoms with E-state index in [9.17, 15) is 0 Å². The van der Waals surface area contributed by atoms with Crippen molar-refractivity contribution in [3.05, 3.63) is 29.9 Å². The first kappa shape index (κ1) is 12.7. The Morgan fingerprint density at radius 2 is 2.33 bits per heavy atom. The molecule has 2 rings (SSSR count). The zero-order valence-electron chi connectivity index (χ0n) is 10.8. The average Bonchev–Trinajstić information content (AvgIpc) is 2.38. The number of oxime groups is 1. The summed E-state index contributed by atoms with van der Waals surface area (Å²) in [7, 11) is 4.09. The predicted octanol–water partition coefficient (Wildman–Crippen LogP) is 1.57. The minimum atomic E-state index is 0.633. The number of aromatic nitrogens is 2. The number of hydrogen-bond donors (Lipinski definition) is 0. The van der Waals surface area contributed by atoms with Crippen molar-refractivity contribution in [2.45, 2.75) is 12.8 Å². The van der Waals surface area contributed by atoms with Crippen LogP contribution >= 0.6 is 0 Å². The molecule has 5 heteroatoms. The summed E-state index contributed by atoms with van der Waals surface area (Å²) in [5.41, 5.74) is 2.78. The summed E-state index contributed by atoms with van der Waals surface area (Å²) in [6, 6.07) is 0. The quantitative estimate of drug-likeness (QED) is 0.584. The van der Waals surface area contributed by atoms with Crippen molar-refractivity contribution in [1.29, 1.82) is 0 Å². The highest BCUT2D eigenvalue weighted by atomic mass is 16.6. The highest BCUT2D eigenvalue weighted by Crippen LogP contribution is 2.16. The van der Waals surface area contributed by atoms with Crippen LogP contribution in [0.25, 0.3) is 6.08 Å². The Hall–Kier alpha value is -1.75. The van der Waals surface area contributed by atoms with Crippen LogP contribution in [0.4, 0.5) is 0 Å². The molecule has 0 spiro atoms. The molecule has 0 aliphatic heterocycles. The second kappa shape index (κ2) is 6.26. The molecule has 0 saturated carbocycles. The van der Waals surface area contributed by atoms with E-state index in [4.69, 9.17) is 4.84 Å². The van der Waals surface area contributed by atoms with Gasteiger partial charge in [0.1, 0.15) is 12.9 Å². The first-order valence-corrected chi connectivity index (χ1v) is 6.08. The third-order valence-electron chi connectivity index (χ3n) is 2.66. The molecule has 0 atom stereocenters. The molecule has 0 radical (unpaired) electrons. The Kier molecular flexibility index (Phi) is 4.41. The van der Waals surface area contributed by atoms with Gasteiger partial charge in [-0.2, -0.15) is 0 Å². The van der Waals surface area contributed by atoms with Crippen molar-refractivity contribution in [3.63, 3.8) is 0 Å². The topological polar surface area (TPSA) is 50.6 Å². The lowest BCUT2D eigenvalue weighted by Gasteiger charge is -2.11. The summed E-state index contributed by atoms with van der Waals surface area (Å²) in [5.74, 6) is 0. The first-order valence-electron chi connectivity index (χ1n) is 6.08. The average molecular weight is 246 g/mol. The van der Waals surface area contributed by atoms with Gasteiger partial charge in [-0.25, -0.2) is 9.97 Å². The van der Waals surface area contributed by atoms with E-state index in [2.05, 4.69) is 20.0 Å². The largest absolute Gasteiger partial charge is 0.396 e. The Bertz CT molecular complexity index is 454. The van der Waals surface area contributed by atoms with Gasteiger partial charge in [-0.1, -0.05) is 11.2 Å². The molecule has 1 heterocycles. The molecular formula is C13H18N4O. The molecule has 0 saturated heterocycles. The molecule has 1 aromatic heterocycles. The van der Waals surface area contributed by atoms with Crippen LogP contribution in [0.1, 0.15) is 24.1 Å². The number of fused-ring (bicyclic) bond motifs is 1. The van der Waals surface area contributed by atoms with Crippen LogP contribution in [0.2, 0.25) is 0 Å². The van der Waals surface area contributed by atoms with Crippen molar-refractivity contribution in [1.82, 2.24) is 14.9 Å². The molecule has 0 aromatic carbocycles. The Balaban J connectivity index is 1.92. The monoisotopic (exact) mass is 246 g/mol. The maximum atomic E-state index is 5.35. The Morgan fingerprint density at radius 1 is 1.44 bits per heavy atom. The van der Waals surface area contributed by atoms with Crippen molar-refractivity contribution in [3.8, 4) is 0 Å². The normalized spacial score (nSPS) is 16.1. The molecule has 1 aliphatic rings. The zero-order valence-corrected chi connectivity index (χ0v) is 10.8.